The predicted octanol–water partition coefficient (Wildman–Crippen LogP) is 4.54. The molecule has 3 aromatic heterocycles. The monoisotopic (exact) mass is 500 g/mol. The molecule has 2 atom stereocenters. The number of nitrogens with one attached hydrogen (secondary N) is 1. The Labute approximate surface area is 213 Å². The van der Waals surface area contributed by atoms with E-state index >= 15 is 0 Å². The number of alkyl halides is 1. The minimum absolute atomic E-state index is 0.194. The van der Waals surface area contributed by atoms with Gasteiger partial charge in [-0.3, -0.25) is 23.9 Å². The van der Waals surface area contributed by atoms with E-state index in [9.17, 15) is 14.0 Å². The number of aromatic amines is 1. The molecular weight excluding hydrogens is 471 g/mol. The van der Waals surface area contributed by atoms with Crippen LogP contribution in [-0.4, -0.2) is 54.6 Å². The third kappa shape index (κ3) is 3.93. The molecule has 1 saturated carbocycles. The maximum absolute atomic E-state index is 13.8. The largest absolute Gasteiger partial charge is 0.339 e. The molecule has 6 rings (SSSR count). The van der Waals surface area contributed by atoms with Gasteiger partial charge in [0.15, 0.2) is 5.65 Å². The van der Waals surface area contributed by atoms with Gasteiger partial charge in [0.2, 0.25) is 0 Å². The van der Waals surface area contributed by atoms with Crippen molar-refractivity contribution >= 4 is 11.6 Å². The van der Waals surface area contributed by atoms with Crippen molar-refractivity contribution in [1.82, 2.24) is 29.5 Å². The van der Waals surface area contributed by atoms with Crippen molar-refractivity contribution in [3.8, 4) is 22.6 Å². The summed E-state index contributed by atoms with van der Waals surface area (Å²) in [6.07, 6.45) is 8.06. The summed E-state index contributed by atoms with van der Waals surface area (Å²) in [5, 5.41) is 4.52. The highest BCUT2D eigenvalue weighted by Crippen LogP contribution is 2.35. The zero-order valence-electron chi connectivity index (χ0n) is 20.9. The molecule has 190 valence electrons. The van der Waals surface area contributed by atoms with Crippen LogP contribution in [0.1, 0.15) is 60.1 Å². The van der Waals surface area contributed by atoms with Crippen LogP contribution in [0.3, 0.4) is 0 Å². The van der Waals surface area contributed by atoms with Gasteiger partial charge in [-0.05, 0) is 43.7 Å². The fourth-order valence-electron chi connectivity index (χ4n) is 5.68. The number of halogens is 1. The third-order valence-electron chi connectivity index (χ3n) is 8.05. The second kappa shape index (κ2) is 9.21. The molecule has 1 aliphatic carbocycles. The van der Waals surface area contributed by atoms with Gasteiger partial charge in [0.05, 0.1) is 18.1 Å². The molecule has 9 heteroatoms. The first-order valence-corrected chi connectivity index (χ1v) is 12.9. The Morgan fingerprint density at radius 3 is 2.51 bits per heavy atom. The number of rotatable bonds is 5. The lowest BCUT2D eigenvalue weighted by Crippen LogP contribution is -2.58. The molecule has 1 amide bonds. The zero-order chi connectivity index (χ0) is 25.7. The number of amides is 1. The number of nitrogens with zero attached hydrogens (tertiary/aromatic N) is 5. The second-order valence-electron chi connectivity index (χ2n) is 10.2. The number of hydrogen-bond donors (Lipinski definition) is 1. The number of aromatic nitrogens is 5. The first-order chi connectivity index (χ1) is 18.0. The van der Waals surface area contributed by atoms with E-state index in [4.69, 9.17) is 0 Å². The van der Waals surface area contributed by atoms with Crippen molar-refractivity contribution in [3.63, 3.8) is 0 Å². The SMILES string of the molecule is Cc1nccnc1-c1nn2c(=O)cc(-c3ccc(C4CCCC4)cc3)[nH]c2c1C(=O)N1C[C@H](CF)[C@@H]1C. The van der Waals surface area contributed by atoms with E-state index in [2.05, 4.69) is 32.2 Å². The quantitative estimate of drug-likeness (QED) is 0.434. The fourth-order valence-corrected chi connectivity index (χ4v) is 5.68. The van der Waals surface area contributed by atoms with Crippen LogP contribution in [-0.2, 0) is 0 Å². The number of carbonyl (C=O) groups is 1. The molecule has 0 unspecified atom stereocenters. The van der Waals surface area contributed by atoms with Gasteiger partial charge in [0.1, 0.15) is 17.0 Å². The number of H-pyrrole nitrogens is 1. The van der Waals surface area contributed by atoms with Crippen LogP contribution in [0.25, 0.3) is 28.3 Å². The molecule has 2 fully saturated rings. The summed E-state index contributed by atoms with van der Waals surface area (Å²) in [6.45, 7) is 3.46. The average Bonchev–Trinajstić information content (AvgIpc) is 3.57. The molecule has 1 saturated heterocycles. The van der Waals surface area contributed by atoms with Crippen molar-refractivity contribution in [1.29, 1.82) is 0 Å². The second-order valence-corrected chi connectivity index (χ2v) is 10.2. The first-order valence-electron chi connectivity index (χ1n) is 12.9. The summed E-state index contributed by atoms with van der Waals surface area (Å²) < 4.78 is 14.5. The van der Waals surface area contributed by atoms with Crippen molar-refractivity contribution in [3.05, 3.63) is 69.9 Å². The van der Waals surface area contributed by atoms with Crippen molar-refractivity contribution in [2.45, 2.75) is 51.5 Å². The van der Waals surface area contributed by atoms with Crippen LogP contribution < -0.4 is 5.56 Å². The summed E-state index contributed by atoms with van der Waals surface area (Å²) in [7, 11) is 0. The Balaban J connectivity index is 1.49. The summed E-state index contributed by atoms with van der Waals surface area (Å²) in [5.41, 5.74) is 4.26. The predicted molar refractivity (Wildman–Crippen MR) is 138 cm³/mol. The highest BCUT2D eigenvalue weighted by atomic mass is 19.1. The number of carbonyl (C=O) groups excluding carboxylic acids is 1. The van der Waals surface area contributed by atoms with Gasteiger partial charge in [0, 0.05) is 37.0 Å². The van der Waals surface area contributed by atoms with E-state index in [1.54, 1.807) is 18.0 Å². The van der Waals surface area contributed by atoms with Gasteiger partial charge in [-0.15, -0.1) is 0 Å². The minimum atomic E-state index is -0.479. The number of hydrogen-bond acceptors (Lipinski definition) is 5. The molecule has 0 spiro atoms. The van der Waals surface area contributed by atoms with Crippen LogP contribution in [0.5, 0.6) is 0 Å². The van der Waals surface area contributed by atoms with Crippen LogP contribution in [0.15, 0.2) is 47.5 Å². The molecule has 4 aromatic rings. The smallest absolute Gasteiger partial charge is 0.274 e. The Bertz CT molecular complexity index is 1540. The van der Waals surface area contributed by atoms with E-state index in [0.717, 1.165) is 5.56 Å². The van der Waals surface area contributed by atoms with Crippen molar-refractivity contribution < 1.29 is 9.18 Å². The number of likely N-dealkylation sites (tertiary alicyclic amines) is 1. The highest BCUT2D eigenvalue weighted by Gasteiger charge is 2.41. The molecule has 0 bridgehead atoms. The van der Waals surface area contributed by atoms with E-state index < -0.39 is 6.67 Å². The first kappa shape index (κ1) is 23.5. The van der Waals surface area contributed by atoms with Crippen LogP contribution >= 0.6 is 0 Å². The lowest BCUT2D eigenvalue weighted by molar-refractivity contribution is 0.0142. The van der Waals surface area contributed by atoms with Crippen LogP contribution in [0.4, 0.5) is 4.39 Å². The van der Waals surface area contributed by atoms with E-state index in [1.807, 2.05) is 19.1 Å². The van der Waals surface area contributed by atoms with Crippen LogP contribution in [0.2, 0.25) is 0 Å². The van der Waals surface area contributed by atoms with Gasteiger partial charge in [-0.25, -0.2) is 0 Å². The van der Waals surface area contributed by atoms with Gasteiger partial charge in [-0.2, -0.15) is 9.61 Å². The van der Waals surface area contributed by atoms with Crippen LogP contribution in [0, 0.1) is 12.8 Å². The molecule has 4 heterocycles. The maximum Gasteiger partial charge on any atom is 0.274 e. The van der Waals surface area contributed by atoms with Gasteiger partial charge in [-0.1, -0.05) is 37.1 Å². The minimum Gasteiger partial charge on any atom is -0.339 e. The summed E-state index contributed by atoms with van der Waals surface area (Å²) in [5.74, 6) is 0.0937. The average molecular weight is 501 g/mol. The molecule has 1 N–H and O–H groups in total. The number of fused-ring (bicyclic) bond motifs is 1. The molecule has 1 aliphatic heterocycles. The topological polar surface area (TPSA) is 96.2 Å². The third-order valence-corrected chi connectivity index (χ3v) is 8.05. The number of benzene rings is 1. The van der Waals surface area contributed by atoms with E-state index in [1.165, 1.54) is 48.0 Å². The van der Waals surface area contributed by atoms with E-state index in [0.29, 0.717) is 35.2 Å². The standard InChI is InChI=1S/C28H29FN6O2/c1-16-25(31-12-11-30-16)26-24(28(37)34-15-21(14-29)17(34)2)27-32-22(13-23(36)35(27)33-26)20-9-7-19(8-10-20)18-5-3-4-6-18/h7-13,17-18,21,32H,3-6,14-15H2,1-2H3/t17-,21-/m0/s1. The van der Waals surface area contributed by atoms with Crippen molar-refractivity contribution in [2.24, 2.45) is 5.92 Å². The zero-order valence-corrected chi connectivity index (χ0v) is 20.9. The maximum atomic E-state index is 13.8. The van der Waals surface area contributed by atoms with Gasteiger partial charge < -0.3 is 9.88 Å². The Morgan fingerprint density at radius 1 is 1.11 bits per heavy atom. The van der Waals surface area contributed by atoms with Gasteiger partial charge in [0.25, 0.3) is 11.5 Å². The summed E-state index contributed by atoms with van der Waals surface area (Å²) in [4.78, 5) is 40.7. The summed E-state index contributed by atoms with van der Waals surface area (Å²) in [6, 6.07) is 9.54. The normalized spacial score (nSPS) is 19.9. The highest BCUT2D eigenvalue weighted by molar-refractivity contribution is 6.06. The molecular formula is C28H29FN6O2. The number of aryl methyl sites for hydroxylation is 1. The van der Waals surface area contributed by atoms with Crippen molar-refractivity contribution in [2.75, 3.05) is 13.2 Å². The molecule has 2 aliphatic rings. The summed E-state index contributed by atoms with van der Waals surface area (Å²) >= 11 is 0. The fraction of sp³-hybridized carbons (Fsp3) is 0.393. The lowest BCUT2D eigenvalue weighted by Gasteiger charge is -2.45. The lowest BCUT2D eigenvalue weighted by atomic mass is 9.90. The molecule has 37 heavy (non-hydrogen) atoms. The molecule has 0 radical (unpaired) electrons. The Kier molecular flexibility index (Phi) is 5.85. The molecule has 8 nitrogen and oxygen atoms in total. The molecule has 1 aromatic carbocycles. The van der Waals surface area contributed by atoms with Gasteiger partial charge >= 0.3 is 0 Å². The van der Waals surface area contributed by atoms with E-state index in [-0.39, 0.29) is 34.7 Å². The Morgan fingerprint density at radius 2 is 1.84 bits per heavy atom. The Hall–Kier alpha value is -3.88.